The van der Waals surface area contributed by atoms with Crippen LogP contribution in [-0.4, -0.2) is 39.4 Å². The van der Waals surface area contributed by atoms with E-state index < -0.39 is 5.97 Å². The van der Waals surface area contributed by atoms with Gasteiger partial charge in [0.15, 0.2) is 11.5 Å². The monoisotopic (exact) mass is 631 g/mol. The van der Waals surface area contributed by atoms with Crippen molar-refractivity contribution in [1.29, 1.82) is 0 Å². The normalized spacial score (nSPS) is 14.6. The number of thiocarbonyl (C=S) groups is 1. The number of halogens is 3. The van der Waals surface area contributed by atoms with Crippen LogP contribution >= 0.6 is 63.1 Å². The van der Waals surface area contributed by atoms with Crippen molar-refractivity contribution in [2.75, 3.05) is 13.2 Å². The minimum atomic E-state index is -0.814. The number of thioether (sulfide) groups is 1. The van der Waals surface area contributed by atoms with E-state index >= 15 is 0 Å². The Morgan fingerprint density at radius 3 is 2.67 bits per heavy atom. The summed E-state index contributed by atoms with van der Waals surface area (Å²) in [7, 11) is 0. The standard InChI is InChI=1S/C25H24BrCl2NO5S2/c1-2-33-20-11-15(10-18(26)23(20)34-14-16-7-8-17(27)13-19(16)28)12-21-24(32)29(25(35)36-21)9-5-3-4-6-22(30)31/h7-8,10-13H,2-6,9,14H2,1H3,(H,30,31)/b21-12-. The molecule has 0 saturated carbocycles. The molecule has 1 aliphatic heterocycles. The first kappa shape index (κ1) is 28.8. The number of carboxylic acid groups (broad SMARTS) is 1. The van der Waals surface area contributed by atoms with E-state index in [2.05, 4.69) is 15.9 Å². The van der Waals surface area contributed by atoms with Crippen molar-refractivity contribution in [3.8, 4) is 11.5 Å². The summed E-state index contributed by atoms with van der Waals surface area (Å²) in [6.45, 7) is 2.99. The highest BCUT2D eigenvalue weighted by molar-refractivity contribution is 9.10. The Morgan fingerprint density at radius 2 is 1.97 bits per heavy atom. The van der Waals surface area contributed by atoms with E-state index in [1.165, 1.54) is 11.8 Å². The maximum atomic E-state index is 12.9. The number of hydrogen-bond donors (Lipinski definition) is 1. The predicted octanol–water partition coefficient (Wildman–Crippen LogP) is 7.58. The first-order valence-corrected chi connectivity index (χ1v) is 14.0. The summed E-state index contributed by atoms with van der Waals surface area (Å²) in [6, 6.07) is 8.88. The van der Waals surface area contributed by atoms with Gasteiger partial charge < -0.3 is 14.6 Å². The van der Waals surface area contributed by atoms with Crippen molar-refractivity contribution in [1.82, 2.24) is 4.90 Å². The third kappa shape index (κ3) is 7.86. The predicted molar refractivity (Wildman–Crippen MR) is 152 cm³/mol. The number of hydrogen-bond acceptors (Lipinski definition) is 6. The van der Waals surface area contributed by atoms with Crippen LogP contribution in [0.25, 0.3) is 6.08 Å². The summed E-state index contributed by atoms with van der Waals surface area (Å²) in [5, 5.41) is 9.81. The van der Waals surface area contributed by atoms with Gasteiger partial charge in [-0.25, -0.2) is 0 Å². The Morgan fingerprint density at radius 1 is 1.19 bits per heavy atom. The Hall–Kier alpha value is -1.78. The van der Waals surface area contributed by atoms with Crippen molar-refractivity contribution in [3.63, 3.8) is 0 Å². The smallest absolute Gasteiger partial charge is 0.303 e. The zero-order valence-corrected chi connectivity index (χ0v) is 24.1. The number of nitrogens with zero attached hydrogens (tertiary/aromatic N) is 1. The molecule has 0 aromatic heterocycles. The molecule has 0 spiro atoms. The van der Waals surface area contributed by atoms with Crippen LogP contribution < -0.4 is 9.47 Å². The minimum absolute atomic E-state index is 0.127. The number of amides is 1. The molecule has 2 aromatic carbocycles. The molecule has 6 nitrogen and oxygen atoms in total. The molecule has 0 unspecified atom stereocenters. The zero-order chi connectivity index (χ0) is 26.2. The molecule has 0 radical (unpaired) electrons. The van der Waals surface area contributed by atoms with Crippen molar-refractivity contribution in [2.45, 2.75) is 39.2 Å². The summed E-state index contributed by atoms with van der Waals surface area (Å²) < 4.78 is 13.0. The molecule has 1 saturated heterocycles. The fraction of sp³-hybridized carbons (Fsp3) is 0.320. The van der Waals surface area contributed by atoms with E-state index in [9.17, 15) is 9.59 Å². The van der Waals surface area contributed by atoms with Gasteiger partial charge in [0.2, 0.25) is 0 Å². The number of aliphatic carboxylic acids is 1. The van der Waals surface area contributed by atoms with Crippen molar-refractivity contribution in [3.05, 3.63) is 60.9 Å². The van der Waals surface area contributed by atoms with Gasteiger partial charge in [-0.05, 0) is 71.6 Å². The quantitative estimate of drug-likeness (QED) is 0.147. The second-order valence-corrected chi connectivity index (χ2v) is 11.2. The molecule has 192 valence electrons. The summed E-state index contributed by atoms with van der Waals surface area (Å²) >= 11 is 22.5. The molecule has 11 heteroatoms. The maximum Gasteiger partial charge on any atom is 0.303 e. The highest BCUT2D eigenvalue weighted by Crippen LogP contribution is 2.40. The largest absolute Gasteiger partial charge is 0.490 e. The fourth-order valence-electron chi connectivity index (χ4n) is 3.43. The van der Waals surface area contributed by atoms with Gasteiger partial charge in [-0.2, -0.15) is 0 Å². The van der Waals surface area contributed by atoms with Crippen LogP contribution in [-0.2, 0) is 16.2 Å². The highest BCUT2D eigenvalue weighted by Gasteiger charge is 2.31. The Labute approximate surface area is 238 Å². The highest BCUT2D eigenvalue weighted by atomic mass is 79.9. The van der Waals surface area contributed by atoms with Gasteiger partial charge in [0, 0.05) is 28.6 Å². The lowest BCUT2D eigenvalue weighted by atomic mass is 10.1. The van der Waals surface area contributed by atoms with Crippen molar-refractivity contribution < 1.29 is 24.2 Å². The zero-order valence-electron chi connectivity index (χ0n) is 19.4. The SMILES string of the molecule is CCOc1cc(/C=C2\SC(=S)N(CCCCCC(=O)O)C2=O)cc(Br)c1OCc1ccc(Cl)cc1Cl. The van der Waals surface area contributed by atoms with Crippen LogP contribution in [0, 0.1) is 0 Å². The van der Waals surface area contributed by atoms with Gasteiger partial charge in [-0.3, -0.25) is 14.5 Å². The molecule has 1 aliphatic rings. The third-order valence-electron chi connectivity index (χ3n) is 5.16. The topological polar surface area (TPSA) is 76.1 Å². The lowest BCUT2D eigenvalue weighted by Crippen LogP contribution is -2.29. The summed E-state index contributed by atoms with van der Waals surface area (Å²) in [4.78, 5) is 25.7. The number of rotatable bonds is 12. The molecule has 36 heavy (non-hydrogen) atoms. The van der Waals surface area contributed by atoms with Crippen LogP contribution in [0.4, 0.5) is 0 Å². The molecule has 2 aromatic rings. The molecule has 1 fully saturated rings. The molecule has 1 N–H and O–H groups in total. The average Bonchev–Trinajstić information content (AvgIpc) is 3.06. The first-order chi connectivity index (χ1) is 17.2. The number of carbonyl (C=O) groups excluding carboxylic acids is 1. The number of carbonyl (C=O) groups is 2. The minimum Gasteiger partial charge on any atom is -0.490 e. The maximum absolute atomic E-state index is 12.9. The third-order valence-corrected chi connectivity index (χ3v) is 7.72. The van der Waals surface area contributed by atoms with Crippen molar-refractivity contribution in [2.24, 2.45) is 0 Å². The first-order valence-electron chi connectivity index (χ1n) is 11.2. The van der Waals surface area contributed by atoms with E-state index in [-0.39, 0.29) is 18.9 Å². The summed E-state index contributed by atoms with van der Waals surface area (Å²) in [6.07, 6.45) is 3.89. The number of ether oxygens (including phenoxy) is 2. The van der Waals surface area contributed by atoms with Gasteiger partial charge in [0.25, 0.3) is 5.91 Å². The second-order valence-electron chi connectivity index (χ2n) is 7.83. The van der Waals surface area contributed by atoms with Gasteiger partial charge in [-0.1, -0.05) is 59.7 Å². The second kappa shape index (κ2) is 13.7. The van der Waals surface area contributed by atoms with E-state index in [0.717, 1.165) is 17.5 Å². The number of carboxylic acids is 1. The van der Waals surface area contributed by atoms with Gasteiger partial charge >= 0.3 is 5.97 Å². The number of unbranched alkanes of at least 4 members (excludes halogenated alkanes) is 2. The lowest BCUT2D eigenvalue weighted by Gasteiger charge is -2.15. The van der Waals surface area contributed by atoms with Gasteiger partial charge in [0.05, 0.1) is 16.0 Å². The summed E-state index contributed by atoms with van der Waals surface area (Å²) in [5.74, 6) is 0.0763. The molecule has 1 heterocycles. The lowest BCUT2D eigenvalue weighted by molar-refractivity contribution is -0.137. The van der Waals surface area contributed by atoms with Crippen LogP contribution in [0.1, 0.15) is 43.7 Å². The molecular formula is C25H24BrCl2NO5S2. The molecule has 3 rings (SSSR count). The van der Waals surface area contributed by atoms with E-state index in [1.807, 2.05) is 19.1 Å². The van der Waals surface area contributed by atoms with Crippen LogP contribution in [0.5, 0.6) is 11.5 Å². The van der Waals surface area contributed by atoms with Gasteiger partial charge in [-0.15, -0.1) is 0 Å². The Bertz CT molecular complexity index is 1190. The van der Waals surface area contributed by atoms with E-state index in [1.54, 1.807) is 29.2 Å². The average molecular weight is 633 g/mol. The molecule has 1 amide bonds. The Balaban J connectivity index is 1.73. The van der Waals surface area contributed by atoms with Crippen LogP contribution in [0.15, 0.2) is 39.7 Å². The molecule has 0 atom stereocenters. The van der Waals surface area contributed by atoms with E-state index in [4.69, 9.17) is 50.0 Å². The van der Waals surface area contributed by atoms with Crippen LogP contribution in [0.3, 0.4) is 0 Å². The molecule has 0 aliphatic carbocycles. The molecular weight excluding hydrogens is 609 g/mol. The van der Waals surface area contributed by atoms with Gasteiger partial charge in [0.1, 0.15) is 10.9 Å². The van der Waals surface area contributed by atoms with Crippen molar-refractivity contribution >= 4 is 85.4 Å². The number of benzene rings is 2. The Kier molecular flexibility index (Phi) is 10.9. The van der Waals surface area contributed by atoms with E-state index in [0.29, 0.717) is 61.2 Å². The van der Waals surface area contributed by atoms with Crippen LogP contribution in [0.2, 0.25) is 10.0 Å². The summed E-state index contributed by atoms with van der Waals surface area (Å²) in [5.41, 5.74) is 1.54. The molecule has 0 bridgehead atoms. The fourth-order valence-corrected chi connectivity index (χ4v) is 5.78.